The number of H-pyrrole nitrogens is 2. The molecule has 27 heavy (non-hydrogen) atoms. The maximum absolute atomic E-state index is 11.3. The van der Waals surface area contributed by atoms with Crippen molar-refractivity contribution < 1.29 is 5.11 Å². The quantitative estimate of drug-likeness (QED) is 0.488. The normalized spacial score (nSPS) is 12.7. The molecule has 0 radical (unpaired) electrons. The van der Waals surface area contributed by atoms with Crippen LogP contribution in [0.15, 0.2) is 47.3 Å². The topological polar surface area (TPSA) is 72.1 Å². The van der Waals surface area contributed by atoms with Gasteiger partial charge in [0.25, 0.3) is 0 Å². The lowest BCUT2D eigenvalue weighted by Gasteiger charge is -2.17. The summed E-state index contributed by atoms with van der Waals surface area (Å²) in [6.45, 7) is 1.95. The molecule has 0 fully saturated rings. The van der Waals surface area contributed by atoms with Crippen LogP contribution in [0.4, 0.5) is 0 Å². The van der Waals surface area contributed by atoms with Crippen molar-refractivity contribution in [3.8, 4) is 0 Å². The van der Waals surface area contributed by atoms with Gasteiger partial charge in [-0.2, -0.15) is 0 Å². The third-order valence-corrected chi connectivity index (χ3v) is 5.28. The molecule has 1 aromatic heterocycles. The zero-order valence-corrected chi connectivity index (χ0v) is 16.3. The Morgan fingerprint density at radius 1 is 1.07 bits per heavy atom. The second-order valence-corrected chi connectivity index (χ2v) is 7.45. The largest absolute Gasteiger partial charge is 0.388 e. The van der Waals surface area contributed by atoms with Crippen molar-refractivity contribution >= 4 is 22.6 Å². The molecule has 3 aromatic rings. The van der Waals surface area contributed by atoms with Crippen LogP contribution >= 0.6 is 11.6 Å². The van der Waals surface area contributed by atoms with E-state index in [0.717, 1.165) is 54.0 Å². The van der Waals surface area contributed by atoms with Gasteiger partial charge in [-0.15, -0.1) is 0 Å². The minimum atomic E-state index is -0.513. The Kier molecular flexibility index (Phi) is 6.72. The van der Waals surface area contributed by atoms with E-state index in [0.29, 0.717) is 6.42 Å². The van der Waals surface area contributed by atoms with Crippen molar-refractivity contribution in [3.05, 3.63) is 69.1 Å². The highest BCUT2D eigenvalue weighted by Gasteiger charge is 2.10. The molecule has 144 valence electrons. The SMILES string of the molecule is CN(CCCCC(O)c1ccc2[nH]c(=O)[nH]c2c1)CCc1ccccc1Cl. The predicted octanol–water partition coefficient (Wildman–Crippen LogP) is 3.89. The monoisotopic (exact) mass is 387 g/mol. The predicted molar refractivity (Wildman–Crippen MR) is 110 cm³/mol. The number of aliphatic hydroxyl groups excluding tert-OH is 1. The molecule has 0 bridgehead atoms. The number of aliphatic hydroxyl groups is 1. The molecule has 0 saturated carbocycles. The van der Waals surface area contributed by atoms with E-state index in [1.165, 1.54) is 5.56 Å². The fraction of sp³-hybridized carbons (Fsp3) is 0.381. The van der Waals surface area contributed by atoms with Crippen LogP contribution in [0, 0.1) is 0 Å². The van der Waals surface area contributed by atoms with Crippen molar-refractivity contribution in [1.82, 2.24) is 14.9 Å². The van der Waals surface area contributed by atoms with Crippen LogP contribution in [-0.2, 0) is 6.42 Å². The van der Waals surface area contributed by atoms with Crippen molar-refractivity contribution in [3.63, 3.8) is 0 Å². The zero-order valence-electron chi connectivity index (χ0n) is 15.5. The van der Waals surface area contributed by atoms with Gasteiger partial charge in [0.2, 0.25) is 0 Å². The molecular formula is C21H26ClN3O2. The van der Waals surface area contributed by atoms with Gasteiger partial charge in [0.1, 0.15) is 0 Å². The van der Waals surface area contributed by atoms with E-state index in [1.807, 2.05) is 36.4 Å². The third kappa shape index (κ3) is 5.45. The third-order valence-electron chi connectivity index (χ3n) is 4.91. The first-order chi connectivity index (χ1) is 13.0. The summed E-state index contributed by atoms with van der Waals surface area (Å²) in [5.41, 5.74) is 3.29. The van der Waals surface area contributed by atoms with E-state index < -0.39 is 6.10 Å². The van der Waals surface area contributed by atoms with Crippen LogP contribution in [-0.4, -0.2) is 40.1 Å². The highest BCUT2D eigenvalue weighted by atomic mass is 35.5. The number of hydrogen-bond acceptors (Lipinski definition) is 3. The molecule has 1 heterocycles. The molecule has 0 amide bonds. The van der Waals surface area contributed by atoms with Gasteiger partial charge < -0.3 is 20.0 Å². The van der Waals surface area contributed by atoms with Gasteiger partial charge in [-0.25, -0.2) is 4.79 Å². The van der Waals surface area contributed by atoms with E-state index in [9.17, 15) is 9.90 Å². The number of fused-ring (bicyclic) bond motifs is 1. The lowest BCUT2D eigenvalue weighted by atomic mass is 10.0. The van der Waals surface area contributed by atoms with Gasteiger partial charge in [0, 0.05) is 11.6 Å². The molecule has 0 saturated heterocycles. The Hall–Kier alpha value is -2.08. The van der Waals surface area contributed by atoms with Gasteiger partial charge in [-0.05, 0) is 68.6 Å². The van der Waals surface area contributed by atoms with Crippen LogP contribution in [0.3, 0.4) is 0 Å². The second kappa shape index (κ2) is 9.22. The summed E-state index contributed by atoms with van der Waals surface area (Å²) in [6.07, 6.45) is 3.10. The Morgan fingerprint density at radius 3 is 2.67 bits per heavy atom. The lowest BCUT2D eigenvalue weighted by Crippen LogP contribution is -2.22. The summed E-state index contributed by atoms with van der Waals surface area (Å²) in [7, 11) is 2.11. The molecule has 6 heteroatoms. The summed E-state index contributed by atoms with van der Waals surface area (Å²) >= 11 is 6.20. The molecule has 1 atom stereocenters. The standard InChI is InChI=1S/C21H26ClN3O2/c1-25(13-11-15-6-2-3-7-17(15)22)12-5-4-8-20(26)16-9-10-18-19(14-16)24-21(27)23-18/h2-3,6-7,9-10,14,20,26H,4-5,8,11-13H2,1H3,(H2,23,24,27). The van der Waals surface area contributed by atoms with Gasteiger partial charge >= 0.3 is 5.69 Å². The van der Waals surface area contributed by atoms with Crippen LogP contribution < -0.4 is 5.69 Å². The van der Waals surface area contributed by atoms with Crippen molar-refractivity contribution in [2.24, 2.45) is 0 Å². The van der Waals surface area contributed by atoms with Gasteiger partial charge in [-0.3, -0.25) is 0 Å². The maximum atomic E-state index is 11.3. The lowest BCUT2D eigenvalue weighted by molar-refractivity contribution is 0.162. The average Bonchev–Trinajstić information content (AvgIpc) is 3.03. The van der Waals surface area contributed by atoms with Crippen molar-refractivity contribution in [2.75, 3.05) is 20.1 Å². The van der Waals surface area contributed by atoms with Gasteiger partial charge in [0.15, 0.2) is 0 Å². The van der Waals surface area contributed by atoms with E-state index in [-0.39, 0.29) is 5.69 Å². The summed E-state index contributed by atoms with van der Waals surface area (Å²) in [4.78, 5) is 19.1. The average molecular weight is 388 g/mol. The fourth-order valence-corrected chi connectivity index (χ4v) is 3.50. The molecule has 1 unspecified atom stereocenters. The minimum absolute atomic E-state index is 0.225. The number of benzene rings is 2. The Bertz CT molecular complexity index is 934. The smallest absolute Gasteiger partial charge is 0.323 e. The highest BCUT2D eigenvalue weighted by Crippen LogP contribution is 2.22. The molecule has 2 aromatic carbocycles. The molecule has 5 nitrogen and oxygen atoms in total. The zero-order chi connectivity index (χ0) is 19.2. The first kappa shape index (κ1) is 19.7. The summed E-state index contributed by atoms with van der Waals surface area (Å²) in [6, 6.07) is 13.5. The maximum Gasteiger partial charge on any atom is 0.323 e. The molecule has 3 N–H and O–H groups in total. The van der Waals surface area contributed by atoms with Crippen molar-refractivity contribution in [1.29, 1.82) is 0 Å². The number of nitrogens with one attached hydrogen (secondary N) is 2. The van der Waals surface area contributed by atoms with Crippen LogP contribution in [0.1, 0.15) is 36.5 Å². The van der Waals surface area contributed by atoms with Crippen LogP contribution in [0.5, 0.6) is 0 Å². The fourth-order valence-electron chi connectivity index (χ4n) is 3.27. The van der Waals surface area contributed by atoms with Gasteiger partial charge in [0.05, 0.1) is 17.1 Å². The summed E-state index contributed by atoms with van der Waals surface area (Å²) < 4.78 is 0. The number of halogens is 1. The summed E-state index contributed by atoms with van der Waals surface area (Å²) in [5.74, 6) is 0. The number of likely N-dealkylation sites (N-methyl/N-ethyl adjacent to an activating group) is 1. The Labute approximate surface area is 164 Å². The molecule has 3 rings (SSSR count). The molecule has 0 spiro atoms. The van der Waals surface area contributed by atoms with Crippen molar-refractivity contribution in [2.45, 2.75) is 31.8 Å². The van der Waals surface area contributed by atoms with Crippen LogP contribution in [0.25, 0.3) is 11.0 Å². The first-order valence-electron chi connectivity index (χ1n) is 9.35. The number of unbranched alkanes of at least 4 members (excludes halogenated alkanes) is 1. The Morgan fingerprint density at radius 2 is 1.85 bits per heavy atom. The number of hydrogen-bond donors (Lipinski definition) is 3. The minimum Gasteiger partial charge on any atom is -0.388 e. The number of nitrogens with zero attached hydrogens (tertiary/aromatic N) is 1. The van der Waals surface area contributed by atoms with Gasteiger partial charge in [-0.1, -0.05) is 35.9 Å². The molecular weight excluding hydrogens is 362 g/mol. The number of aromatic nitrogens is 2. The van der Waals surface area contributed by atoms with E-state index in [1.54, 1.807) is 0 Å². The first-order valence-corrected chi connectivity index (χ1v) is 9.72. The Balaban J connectivity index is 1.39. The number of rotatable bonds is 9. The second-order valence-electron chi connectivity index (χ2n) is 7.04. The van der Waals surface area contributed by atoms with Crippen LogP contribution in [0.2, 0.25) is 5.02 Å². The molecule has 0 aliphatic carbocycles. The highest BCUT2D eigenvalue weighted by molar-refractivity contribution is 6.31. The van der Waals surface area contributed by atoms with E-state index in [4.69, 9.17) is 11.6 Å². The van der Waals surface area contributed by atoms with E-state index >= 15 is 0 Å². The summed E-state index contributed by atoms with van der Waals surface area (Å²) in [5, 5.41) is 11.2. The number of imidazole rings is 1. The molecule has 0 aliphatic rings. The van der Waals surface area contributed by atoms with E-state index in [2.05, 4.69) is 28.0 Å². The number of aromatic amines is 2. The molecule has 0 aliphatic heterocycles.